The summed E-state index contributed by atoms with van der Waals surface area (Å²) in [6, 6.07) is 8.39. The van der Waals surface area contributed by atoms with Crippen LogP contribution in [-0.2, 0) is 22.6 Å². The molecule has 0 saturated carbocycles. The lowest BCUT2D eigenvalue weighted by molar-refractivity contribution is -0.143. The minimum absolute atomic E-state index is 0.151. The number of benzene rings is 1. The van der Waals surface area contributed by atoms with Gasteiger partial charge in [-0.25, -0.2) is 4.98 Å². The number of esters is 1. The Balaban J connectivity index is 1.58. The maximum absolute atomic E-state index is 12.2. The minimum atomic E-state index is -0.612. The molecule has 0 radical (unpaired) electrons. The summed E-state index contributed by atoms with van der Waals surface area (Å²) < 4.78 is 6.40. The van der Waals surface area contributed by atoms with Crippen LogP contribution in [0.4, 0.5) is 0 Å². The average molecular weight is 414 g/mol. The second kappa shape index (κ2) is 8.95. The Hall–Kier alpha value is -3.07. The average Bonchev–Trinajstić information content (AvgIpc) is 3.07. The third kappa shape index (κ3) is 5.26. The summed E-state index contributed by atoms with van der Waals surface area (Å²) >= 11 is 1.34. The van der Waals surface area contributed by atoms with Gasteiger partial charge in [0, 0.05) is 18.1 Å². The Kier molecular flexibility index (Phi) is 6.38. The first-order valence-electron chi connectivity index (χ1n) is 9.21. The van der Waals surface area contributed by atoms with Crippen molar-refractivity contribution < 1.29 is 14.3 Å². The lowest BCUT2D eigenvalue weighted by Crippen LogP contribution is -2.31. The number of carbonyl (C=O) groups excluding carboxylic acids is 2. The fraction of sp³-hybridized carbons (Fsp3) is 0.350. The number of fused-ring (bicyclic) bond motifs is 1. The summed E-state index contributed by atoms with van der Waals surface area (Å²) in [4.78, 5) is 41.1. The molecule has 2 heterocycles. The van der Waals surface area contributed by atoms with E-state index in [9.17, 15) is 14.4 Å². The number of nitrogens with one attached hydrogen (secondary N) is 1. The van der Waals surface area contributed by atoms with Gasteiger partial charge in [0.05, 0.1) is 5.69 Å². The predicted octanol–water partition coefficient (Wildman–Crippen LogP) is 2.13. The van der Waals surface area contributed by atoms with Gasteiger partial charge in [-0.05, 0) is 24.5 Å². The third-order valence-corrected chi connectivity index (χ3v) is 5.02. The van der Waals surface area contributed by atoms with E-state index < -0.39 is 5.97 Å². The van der Waals surface area contributed by atoms with E-state index in [4.69, 9.17) is 4.74 Å². The van der Waals surface area contributed by atoms with Crippen molar-refractivity contribution in [1.82, 2.24) is 19.9 Å². The lowest BCUT2D eigenvalue weighted by atomic mass is 10.1. The van der Waals surface area contributed by atoms with Crippen LogP contribution in [0.3, 0.4) is 0 Å². The van der Waals surface area contributed by atoms with Crippen molar-refractivity contribution in [3.05, 3.63) is 62.5 Å². The molecule has 0 unspecified atom stereocenters. The highest BCUT2D eigenvalue weighted by Gasteiger charge is 2.13. The van der Waals surface area contributed by atoms with E-state index >= 15 is 0 Å². The Morgan fingerprint density at radius 3 is 2.76 bits per heavy atom. The molecule has 1 amide bonds. The van der Waals surface area contributed by atoms with Crippen molar-refractivity contribution in [2.45, 2.75) is 33.8 Å². The van der Waals surface area contributed by atoms with E-state index in [1.807, 2.05) is 19.1 Å². The quantitative estimate of drug-likeness (QED) is 0.594. The SMILES string of the molecule is Cc1ccccc1C(=O)NCC(=O)OCc1cc(=O)n2nc(CC(C)C)sc2n1. The van der Waals surface area contributed by atoms with Gasteiger partial charge < -0.3 is 10.1 Å². The molecule has 1 aromatic carbocycles. The molecule has 8 nitrogen and oxygen atoms in total. The largest absolute Gasteiger partial charge is 0.458 e. The molecule has 0 aliphatic heterocycles. The first-order valence-corrected chi connectivity index (χ1v) is 10.0. The van der Waals surface area contributed by atoms with Gasteiger partial charge in [-0.2, -0.15) is 9.61 Å². The van der Waals surface area contributed by atoms with Gasteiger partial charge in [-0.3, -0.25) is 14.4 Å². The Morgan fingerprint density at radius 2 is 2.03 bits per heavy atom. The van der Waals surface area contributed by atoms with Gasteiger partial charge in [0.1, 0.15) is 18.2 Å². The highest BCUT2D eigenvalue weighted by Crippen LogP contribution is 2.15. The van der Waals surface area contributed by atoms with Gasteiger partial charge in [-0.15, -0.1) is 0 Å². The summed E-state index contributed by atoms with van der Waals surface area (Å²) in [6.07, 6.45) is 0.762. The van der Waals surface area contributed by atoms with Gasteiger partial charge >= 0.3 is 5.97 Å². The van der Waals surface area contributed by atoms with Crippen molar-refractivity contribution in [3.63, 3.8) is 0 Å². The molecule has 9 heteroatoms. The van der Waals surface area contributed by atoms with Crippen molar-refractivity contribution >= 4 is 28.2 Å². The van der Waals surface area contributed by atoms with Crippen LogP contribution in [0.2, 0.25) is 0 Å². The summed E-state index contributed by atoms with van der Waals surface area (Å²) in [5, 5.41) is 7.64. The topological polar surface area (TPSA) is 103 Å². The van der Waals surface area contributed by atoms with Crippen molar-refractivity contribution in [2.24, 2.45) is 5.92 Å². The molecule has 3 rings (SSSR count). The molecule has 1 N–H and O–H groups in total. The fourth-order valence-corrected chi connectivity index (χ4v) is 3.81. The monoisotopic (exact) mass is 414 g/mol. The van der Waals surface area contributed by atoms with Gasteiger partial charge in [0.2, 0.25) is 4.96 Å². The number of hydrogen-bond acceptors (Lipinski definition) is 7. The lowest BCUT2D eigenvalue weighted by Gasteiger charge is -2.08. The third-order valence-electron chi connectivity index (χ3n) is 4.09. The van der Waals surface area contributed by atoms with Gasteiger partial charge in [0.15, 0.2) is 0 Å². The molecule has 152 valence electrons. The molecule has 29 heavy (non-hydrogen) atoms. The van der Waals surface area contributed by atoms with E-state index in [1.54, 1.807) is 12.1 Å². The number of aryl methyl sites for hydroxylation is 1. The number of amides is 1. The molecule has 0 atom stereocenters. The van der Waals surface area contributed by atoms with Crippen LogP contribution >= 0.6 is 11.3 Å². The highest BCUT2D eigenvalue weighted by atomic mass is 32.1. The molecule has 0 spiro atoms. The normalized spacial score (nSPS) is 11.0. The first kappa shape index (κ1) is 20.7. The zero-order chi connectivity index (χ0) is 21.0. The van der Waals surface area contributed by atoms with Gasteiger partial charge in [-0.1, -0.05) is 43.4 Å². The number of rotatable bonds is 7. The summed E-state index contributed by atoms with van der Waals surface area (Å²) in [7, 11) is 0. The number of hydrogen-bond donors (Lipinski definition) is 1. The number of carbonyl (C=O) groups is 2. The maximum Gasteiger partial charge on any atom is 0.325 e. The summed E-state index contributed by atoms with van der Waals surface area (Å²) in [5.41, 5.74) is 1.34. The standard InChI is InChI=1S/C20H22N4O4S/c1-12(2)8-16-23-24-17(25)9-14(22-20(24)29-16)11-28-18(26)10-21-19(27)15-7-5-4-6-13(15)3/h4-7,9,12H,8,10-11H2,1-3H3,(H,21,27). The molecular weight excluding hydrogens is 392 g/mol. The van der Waals surface area contributed by atoms with Crippen LogP contribution < -0.4 is 10.9 Å². The maximum atomic E-state index is 12.2. The molecule has 3 aromatic rings. The van der Waals surface area contributed by atoms with Crippen molar-refractivity contribution in [1.29, 1.82) is 0 Å². The zero-order valence-electron chi connectivity index (χ0n) is 16.5. The molecule has 0 saturated heterocycles. The number of ether oxygens (including phenoxy) is 1. The molecule has 0 aliphatic carbocycles. The Bertz CT molecular complexity index is 1100. The second-order valence-corrected chi connectivity index (χ2v) is 8.07. The smallest absolute Gasteiger partial charge is 0.325 e. The molecule has 0 bridgehead atoms. The zero-order valence-corrected chi connectivity index (χ0v) is 17.3. The van der Waals surface area contributed by atoms with Gasteiger partial charge in [0.25, 0.3) is 11.5 Å². The highest BCUT2D eigenvalue weighted by molar-refractivity contribution is 7.16. The Labute approximate surface area is 171 Å². The summed E-state index contributed by atoms with van der Waals surface area (Å²) in [6.45, 7) is 5.55. The number of nitrogens with zero attached hydrogens (tertiary/aromatic N) is 3. The van der Waals surface area contributed by atoms with E-state index in [0.29, 0.717) is 22.1 Å². The van der Waals surface area contributed by atoms with Crippen LogP contribution in [0, 0.1) is 12.8 Å². The van der Waals surface area contributed by atoms with Crippen LogP contribution in [0.15, 0.2) is 35.1 Å². The van der Waals surface area contributed by atoms with Crippen molar-refractivity contribution in [3.8, 4) is 0 Å². The molecule has 0 aliphatic rings. The van der Waals surface area contributed by atoms with E-state index in [1.165, 1.54) is 21.9 Å². The summed E-state index contributed by atoms with van der Waals surface area (Å²) in [5.74, 6) is -0.541. The van der Waals surface area contributed by atoms with Crippen LogP contribution in [0.1, 0.15) is 40.5 Å². The van der Waals surface area contributed by atoms with Crippen molar-refractivity contribution in [2.75, 3.05) is 6.54 Å². The second-order valence-electron chi connectivity index (χ2n) is 7.03. The van der Waals surface area contributed by atoms with Crippen LogP contribution in [0.25, 0.3) is 4.96 Å². The predicted molar refractivity (Wildman–Crippen MR) is 109 cm³/mol. The van der Waals surface area contributed by atoms with Crippen LogP contribution in [0.5, 0.6) is 0 Å². The van der Waals surface area contributed by atoms with E-state index in [-0.39, 0.29) is 24.6 Å². The first-order chi connectivity index (χ1) is 13.8. The van der Waals surface area contributed by atoms with Crippen LogP contribution in [-0.4, -0.2) is 33.0 Å². The van der Waals surface area contributed by atoms with E-state index in [0.717, 1.165) is 17.0 Å². The minimum Gasteiger partial charge on any atom is -0.458 e. The molecule has 0 fully saturated rings. The van der Waals surface area contributed by atoms with E-state index in [2.05, 4.69) is 29.2 Å². The fourth-order valence-electron chi connectivity index (χ4n) is 2.68. The number of aromatic nitrogens is 3. The Morgan fingerprint density at radius 1 is 1.28 bits per heavy atom. The molecule has 2 aromatic heterocycles. The molecular formula is C20H22N4O4S.